The number of halogens is 2. The summed E-state index contributed by atoms with van der Waals surface area (Å²) in [5.41, 5.74) is 0. The highest BCUT2D eigenvalue weighted by Crippen LogP contribution is 2.08. The molecule has 15 heavy (non-hydrogen) atoms. The topological polar surface area (TPSA) is 66.8 Å². The highest BCUT2D eigenvalue weighted by Gasteiger charge is 2.25. The van der Waals surface area contributed by atoms with E-state index in [1.165, 1.54) is 6.92 Å². The molecule has 0 aliphatic rings. The predicted octanol–water partition coefficient (Wildman–Crippen LogP) is 0.868. The molecule has 7 heteroatoms. The van der Waals surface area contributed by atoms with Gasteiger partial charge in [0.15, 0.2) is 6.23 Å². The zero-order chi connectivity index (χ0) is 12.0. The van der Waals surface area contributed by atoms with Crippen molar-refractivity contribution in [3.8, 4) is 0 Å². The van der Waals surface area contributed by atoms with Crippen molar-refractivity contribution in [2.45, 2.75) is 31.9 Å². The number of amides is 1. The van der Waals surface area contributed by atoms with Crippen LogP contribution in [0.4, 0.5) is 0 Å². The van der Waals surface area contributed by atoms with Gasteiger partial charge in [-0.05, 0) is 13.3 Å². The number of alkyl halides is 2. The maximum atomic E-state index is 11.2. The third-order valence-corrected chi connectivity index (χ3v) is 2.22. The zero-order valence-electron chi connectivity index (χ0n) is 8.44. The van der Waals surface area contributed by atoms with Crippen LogP contribution in [0.1, 0.15) is 20.3 Å². The summed E-state index contributed by atoms with van der Waals surface area (Å²) in [5.74, 6) is -1.89. The number of aliphatic hydroxyl groups excluding tert-OH is 1. The molecule has 0 spiro atoms. The lowest BCUT2D eigenvalue weighted by molar-refractivity contribution is -0.226. The molecular formula is C8H13Cl2NO4. The van der Waals surface area contributed by atoms with Crippen LogP contribution in [0.15, 0.2) is 0 Å². The van der Waals surface area contributed by atoms with Gasteiger partial charge in [-0.1, -0.05) is 6.92 Å². The molecule has 1 amide bonds. The van der Waals surface area contributed by atoms with Crippen LogP contribution in [0.3, 0.4) is 0 Å². The van der Waals surface area contributed by atoms with Gasteiger partial charge in [0, 0.05) is 0 Å². The molecule has 5 nitrogen and oxygen atoms in total. The number of rotatable bonds is 4. The third kappa shape index (κ3) is 4.68. The Labute approximate surface area is 97.8 Å². The number of hydrogen-bond acceptors (Lipinski definition) is 4. The van der Waals surface area contributed by atoms with Crippen LogP contribution in [0.2, 0.25) is 0 Å². The fraction of sp³-hybridized carbons (Fsp3) is 0.750. The highest BCUT2D eigenvalue weighted by atomic mass is 35.5. The van der Waals surface area contributed by atoms with E-state index in [1.54, 1.807) is 6.92 Å². The molecule has 88 valence electrons. The SMILES string of the molecule is CCC(Cl)C(=O)ON(C(=O)CCl)C(C)O. The number of carbonyl (C=O) groups excluding carboxylic acids is 2. The second-order valence-electron chi connectivity index (χ2n) is 2.77. The lowest BCUT2D eigenvalue weighted by atomic mass is 10.3. The lowest BCUT2D eigenvalue weighted by Gasteiger charge is -2.23. The first kappa shape index (κ1) is 14.5. The van der Waals surface area contributed by atoms with E-state index in [0.29, 0.717) is 11.5 Å². The van der Waals surface area contributed by atoms with Crippen LogP contribution >= 0.6 is 23.2 Å². The molecule has 0 rings (SSSR count). The fourth-order valence-corrected chi connectivity index (χ4v) is 0.873. The predicted molar refractivity (Wildman–Crippen MR) is 55.3 cm³/mol. The van der Waals surface area contributed by atoms with Crippen LogP contribution in [0, 0.1) is 0 Å². The second-order valence-corrected chi connectivity index (χ2v) is 3.57. The van der Waals surface area contributed by atoms with Crippen molar-refractivity contribution in [2.24, 2.45) is 0 Å². The normalized spacial score (nSPS) is 14.2. The smallest absolute Gasteiger partial charge is 0.350 e. The molecule has 0 saturated carbocycles. The van der Waals surface area contributed by atoms with E-state index >= 15 is 0 Å². The highest BCUT2D eigenvalue weighted by molar-refractivity contribution is 6.30. The molecule has 1 N–H and O–H groups in total. The maximum absolute atomic E-state index is 11.2. The Kier molecular flexibility index (Phi) is 6.63. The van der Waals surface area contributed by atoms with Crippen LogP contribution < -0.4 is 0 Å². The molecule has 0 aromatic heterocycles. The van der Waals surface area contributed by atoms with Crippen LogP contribution in [-0.2, 0) is 14.4 Å². The minimum Gasteiger partial charge on any atom is -0.370 e. The third-order valence-electron chi connectivity index (χ3n) is 1.50. The van der Waals surface area contributed by atoms with E-state index in [1.807, 2.05) is 0 Å². The Morgan fingerprint density at radius 1 is 1.53 bits per heavy atom. The number of hydroxylamine groups is 2. The van der Waals surface area contributed by atoms with Gasteiger partial charge in [-0.25, -0.2) is 4.79 Å². The number of carbonyl (C=O) groups is 2. The monoisotopic (exact) mass is 257 g/mol. The molecule has 0 bridgehead atoms. The molecule has 0 saturated heterocycles. The van der Waals surface area contributed by atoms with Crippen molar-refractivity contribution >= 4 is 35.1 Å². The minimum absolute atomic E-state index is 0.364. The van der Waals surface area contributed by atoms with Gasteiger partial charge in [0.2, 0.25) is 0 Å². The van der Waals surface area contributed by atoms with Gasteiger partial charge in [-0.15, -0.1) is 28.3 Å². The number of nitrogens with zero attached hydrogens (tertiary/aromatic N) is 1. The summed E-state index contributed by atoms with van der Waals surface area (Å²) in [5, 5.41) is 8.79. The summed E-state index contributed by atoms with van der Waals surface area (Å²) < 4.78 is 0. The Hall–Kier alpha value is -0.520. The Balaban J connectivity index is 4.42. The van der Waals surface area contributed by atoms with Crippen molar-refractivity contribution < 1.29 is 19.5 Å². The van der Waals surface area contributed by atoms with E-state index in [2.05, 4.69) is 4.84 Å². The molecule has 0 aliphatic heterocycles. The largest absolute Gasteiger partial charge is 0.370 e. The summed E-state index contributed by atoms with van der Waals surface area (Å²) in [6.07, 6.45) is -0.899. The van der Waals surface area contributed by atoms with Gasteiger partial charge in [0.05, 0.1) is 0 Å². The molecule has 2 unspecified atom stereocenters. The molecule has 2 atom stereocenters. The maximum Gasteiger partial charge on any atom is 0.350 e. The average Bonchev–Trinajstić information content (AvgIpc) is 2.22. The summed E-state index contributed by atoms with van der Waals surface area (Å²) >= 11 is 10.8. The van der Waals surface area contributed by atoms with E-state index in [4.69, 9.17) is 28.3 Å². The molecule has 0 aromatic carbocycles. The molecular weight excluding hydrogens is 245 g/mol. The standard InChI is InChI=1S/C8H13Cl2NO4/c1-3-6(10)8(14)15-11(5(2)12)7(13)4-9/h5-6,12H,3-4H2,1-2H3. The summed E-state index contributed by atoms with van der Waals surface area (Å²) in [4.78, 5) is 26.9. The van der Waals surface area contributed by atoms with Crippen molar-refractivity contribution in [3.05, 3.63) is 0 Å². The summed E-state index contributed by atoms with van der Waals surface area (Å²) in [7, 11) is 0. The van der Waals surface area contributed by atoms with E-state index in [0.717, 1.165) is 0 Å². The van der Waals surface area contributed by atoms with Crippen molar-refractivity contribution in [2.75, 3.05) is 5.88 Å². The molecule has 0 aromatic rings. The van der Waals surface area contributed by atoms with E-state index in [-0.39, 0.29) is 0 Å². The fourth-order valence-electron chi connectivity index (χ4n) is 0.715. The number of hydrogen-bond donors (Lipinski definition) is 1. The van der Waals surface area contributed by atoms with Crippen LogP contribution in [0.25, 0.3) is 0 Å². The van der Waals surface area contributed by atoms with Crippen LogP contribution in [0.5, 0.6) is 0 Å². The Morgan fingerprint density at radius 3 is 2.40 bits per heavy atom. The minimum atomic E-state index is -1.26. The summed E-state index contributed by atoms with van der Waals surface area (Å²) in [6.45, 7) is 2.96. The molecule has 0 aliphatic carbocycles. The first-order valence-corrected chi connectivity index (χ1v) is 5.33. The van der Waals surface area contributed by atoms with Crippen molar-refractivity contribution in [1.29, 1.82) is 0 Å². The van der Waals surface area contributed by atoms with Gasteiger partial charge in [0.25, 0.3) is 5.91 Å². The summed E-state index contributed by atoms with van der Waals surface area (Å²) in [6, 6.07) is 0. The first-order valence-electron chi connectivity index (χ1n) is 4.36. The van der Waals surface area contributed by atoms with Crippen LogP contribution in [-0.4, -0.2) is 39.5 Å². The molecule has 0 radical (unpaired) electrons. The average molecular weight is 258 g/mol. The Bertz CT molecular complexity index is 235. The van der Waals surface area contributed by atoms with Gasteiger partial charge in [-0.2, -0.15) is 0 Å². The first-order chi connectivity index (χ1) is 6.93. The van der Waals surface area contributed by atoms with Crippen molar-refractivity contribution in [1.82, 2.24) is 5.06 Å². The van der Waals surface area contributed by atoms with E-state index in [9.17, 15) is 9.59 Å². The quantitative estimate of drug-likeness (QED) is 0.461. The zero-order valence-corrected chi connectivity index (χ0v) is 9.96. The van der Waals surface area contributed by atoms with Crippen molar-refractivity contribution in [3.63, 3.8) is 0 Å². The second kappa shape index (κ2) is 6.87. The molecule has 0 heterocycles. The van der Waals surface area contributed by atoms with Gasteiger partial charge in [-0.3, -0.25) is 4.79 Å². The van der Waals surface area contributed by atoms with Gasteiger partial charge in [0.1, 0.15) is 11.3 Å². The molecule has 0 fully saturated rings. The lowest BCUT2D eigenvalue weighted by Crippen LogP contribution is -2.42. The van der Waals surface area contributed by atoms with E-state index < -0.39 is 29.4 Å². The van der Waals surface area contributed by atoms with Gasteiger partial charge >= 0.3 is 5.97 Å². The van der Waals surface area contributed by atoms with Gasteiger partial charge < -0.3 is 9.94 Å². The Morgan fingerprint density at radius 2 is 2.07 bits per heavy atom. The number of aliphatic hydroxyl groups is 1.